The Hall–Kier alpha value is -0.800. The molecule has 0 bridgehead atoms. The lowest BCUT2D eigenvalue weighted by atomic mass is 10.1. The van der Waals surface area contributed by atoms with Crippen molar-refractivity contribution in [3.63, 3.8) is 0 Å². The SMILES string of the molecule is NCC1CCN(c2cc(Cl)ccc2F)C1. The molecule has 15 heavy (non-hydrogen) atoms. The number of nitrogens with two attached hydrogens (primary N) is 1. The van der Waals surface area contributed by atoms with Gasteiger partial charge in [0, 0.05) is 18.1 Å². The van der Waals surface area contributed by atoms with Gasteiger partial charge in [-0.1, -0.05) is 11.6 Å². The predicted octanol–water partition coefficient (Wildman–Crippen LogP) is 2.26. The van der Waals surface area contributed by atoms with E-state index in [1.54, 1.807) is 12.1 Å². The lowest BCUT2D eigenvalue weighted by Gasteiger charge is -2.19. The van der Waals surface area contributed by atoms with Gasteiger partial charge in [0.2, 0.25) is 0 Å². The molecule has 1 atom stereocenters. The fraction of sp³-hybridized carbons (Fsp3) is 0.455. The number of benzene rings is 1. The van der Waals surface area contributed by atoms with E-state index >= 15 is 0 Å². The van der Waals surface area contributed by atoms with Crippen LogP contribution in [0.1, 0.15) is 6.42 Å². The van der Waals surface area contributed by atoms with E-state index in [1.807, 2.05) is 4.90 Å². The predicted molar refractivity (Wildman–Crippen MR) is 60.8 cm³/mol. The van der Waals surface area contributed by atoms with Gasteiger partial charge in [-0.2, -0.15) is 0 Å². The first kappa shape index (κ1) is 10.7. The van der Waals surface area contributed by atoms with Gasteiger partial charge in [0.05, 0.1) is 5.69 Å². The normalized spacial score (nSPS) is 21.0. The molecule has 1 aromatic rings. The second-order valence-corrected chi connectivity index (χ2v) is 4.37. The highest BCUT2D eigenvalue weighted by Crippen LogP contribution is 2.28. The topological polar surface area (TPSA) is 29.3 Å². The molecule has 2 N–H and O–H groups in total. The van der Waals surface area contributed by atoms with Crippen LogP contribution >= 0.6 is 11.6 Å². The first-order chi connectivity index (χ1) is 7.20. The molecule has 1 unspecified atom stereocenters. The molecule has 1 fully saturated rings. The minimum absolute atomic E-state index is 0.211. The van der Waals surface area contributed by atoms with Gasteiger partial charge >= 0.3 is 0 Å². The maximum absolute atomic E-state index is 13.5. The molecule has 0 radical (unpaired) electrons. The summed E-state index contributed by atoms with van der Waals surface area (Å²) >= 11 is 5.85. The van der Waals surface area contributed by atoms with Crippen molar-refractivity contribution in [3.05, 3.63) is 29.0 Å². The Morgan fingerprint density at radius 3 is 3.00 bits per heavy atom. The van der Waals surface area contributed by atoms with E-state index < -0.39 is 0 Å². The van der Waals surface area contributed by atoms with Crippen LogP contribution in [0.5, 0.6) is 0 Å². The maximum Gasteiger partial charge on any atom is 0.146 e. The van der Waals surface area contributed by atoms with Gasteiger partial charge in [-0.05, 0) is 37.1 Å². The molecule has 1 heterocycles. The number of rotatable bonds is 2. The van der Waals surface area contributed by atoms with Crippen molar-refractivity contribution in [2.45, 2.75) is 6.42 Å². The Kier molecular flexibility index (Phi) is 3.12. The lowest BCUT2D eigenvalue weighted by molar-refractivity contribution is 0.597. The van der Waals surface area contributed by atoms with E-state index in [9.17, 15) is 4.39 Å². The highest BCUT2D eigenvalue weighted by Gasteiger charge is 2.23. The maximum atomic E-state index is 13.5. The number of nitrogens with zero attached hydrogens (tertiary/aromatic N) is 1. The molecule has 0 spiro atoms. The van der Waals surface area contributed by atoms with E-state index in [-0.39, 0.29) is 5.82 Å². The van der Waals surface area contributed by atoms with Crippen LogP contribution in [0.15, 0.2) is 18.2 Å². The molecule has 0 amide bonds. The van der Waals surface area contributed by atoms with Gasteiger partial charge in [-0.25, -0.2) is 4.39 Å². The van der Waals surface area contributed by atoms with Gasteiger partial charge in [-0.3, -0.25) is 0 Å². The third-order valence-corrected chi connectivity index (χ3v) is 3.10. The fourth-order valence-corrected chi connectivity index (χ4v) is 2.14. The van der Waals surface area contributed by atoms with Gasteiger partial charge < -0.3 is 10.6 Å². The Bertz CT molecular complexity index is 356. The average Bonchev–Trinajstić information content (AvgIpc) is 2.70. The summed E-state index contributed by atoms with van der Waals surface area (Å²) in [6, 6.07) is 4.65. The Labute approximate surface area is 93.8 Å². The summed E-state index contributed by atoms with van der Waals surface area (Å²) in [5.41, 5.74) is 6.19. The molecule has 0 aliphatic carbocycles. The molecule has 1 aliphatic heterocycles. The first-order valence-corrected chi connectivity index (χ1v) is 5.48. The van der Waals surface area contributed by atoms with Crippen LogP contribution in [0, 0.1) is 11.7 Å². The smallest absolute Gasteiger partial charge is 0.146 e. The lowest BCUT2D eigenvalue weighted by Crippen LogP contribution is -2.23. The molecular weight excluding hydrogens is 215 g/mol. The van der Waals surface area contributed by atoms with Crippen molar-refractivity contribution in [2.75, 3.05) is 24.5 Å². The van der Waals surface area contributed by atoms with Crippen molar-refractivity contribution in [2.24, 2.45) is 11.7 Å². The Morgan fingerprint density at radius 2 is 2.33 bits per heavy atom. The molecule has 0 aromatic heterocycles. The van der Waals surface area contributed by atoms with E-state index in [2.05, 4.69) is 0 Å². The highest BCUT2D eigenvalue weighted by molar-refractivity contribution is 6.30. The quantitative estimate of drug-likeness (QED) is 0.842. The number of hydrogen-bond donors (Lipinski definition) is 1. The van der Waals surface area contributed by atoms with Gasteiger partial charge in [0.25, 0.3) is 0 Å². The summed E-state index contributed by atoms with van der Waals surface area (Å²) in [5.74, 6) is 0.264. The summed E-state index contributed by atoms with van der Waals surface area (Å²) < 4.78 is 13.5. The zero-order valence-electron chi connectivity index (χ0n) is 8.42. The average molecular weight is 229 g/mol. The molecule has 82 valence electrons. The van der Waals surface area contributed by atoms with Crippen molar-refractivity contribution in [1.29, 1.82) is 0 Å². The van der Waals surface area contributed by atoms with Crippen molar-refractivity contribution in [1.82, 2.24) is 0 Å². The van der Waals surface area contributed by atoms with Crippen LogP contribution < -0.4 is 10.6 Å². The Balaban J connectivity index is 2.19. The molecular formula is C11H14ClFN2. The van der Waals surface area contributed by atoms with E-state index in [0.717, 1.165) is 19.5 Å². The molecule has 2 nitrogen and oxygen atoms in total. The highest BCUT2D eigenvalue weighted by atomic mass is 35.5. The van der Waals surface area contributed by atoms with Crippen LogP contribution in [0.2, 0.25) is 5.02 Å². The summed E-state index contributed by atoms with van der Waals surface area (Å²) in [5, 5.41) is 0.572. The molecule has 1 aliphatic rings. The van der Waals surface area contributed by atoms with Crippen molar-refractivity contribution < 1.29 is 4.39 Å². The van der Waals surface area contributed by atoms with Crippen LogP contribution in [-0.4, -0.2) is 19.6 Å². The van der Waals surface area contributed by atoms with Gasteiger partial charge in [0.15, 0.2) is 0 Å². The summed E-state index contributed by atoms with van der Waals surface area (Å²) in [4.78, 5) is 2.01. The summed E-state index contributed by atoms with van der Waals surface area (Å²) in [7, 11) is 0. The van der Waals surface area contributed by atoms with Crippen LogP contribution in [-0.2, 0) is 0 Å². The van der Waals surface area contributed by atoms with E-state index in [1.165, 1.54) is 6.07 Å². The molecule has 2 rings (SSSR count). The number of hydrogen-bond acceptors (Lipinski definition) is 2. The monoisotopic (exact) mass is 228 g/mol. The standard InChI is InChI=1S/C11H14ClFN2/c12-9-1-2-10(13)11(5-9)15-4-3-8(6-14)7-15/h1-2,5,8H,3-4,6-7,14H2. The van der Waals surface area contributed by atoms with Crippen molar-refractivity contribution in [3.8, 4) is 0 Å². The van der Waals surface area contributed by atoms with E-state index in [0.29, 0.717) is 23.2 Å². The zero-order valence-corrected chi connectivity index (χ0v) is 9.17. The summed E-state index contributed by atoms with van der Waals surface area (Å²) in [6.07, 6.45) is 1.03. The molecule has 0 saturated carbocycles. The number of halogens is 2. The summed E-state index contributed by atoms with van der Waals surface area (Å²) in [6.45, 7) is 2.35. The van der Waals surface area contributed by atoms with Crippen LogP contribution in [0.3, 0.4) is 0 Å². The van der Waals surface area contributed by atoms with Crippen LogP contribution in [0.4, 0.5) is 10.1 Å². The molecule has 1 saturated heterocycles. The molecule has 4 heteroatoms. The van der Waals surface area contributed by atoms with Crippen molar-refractivity contribution >= 4 is 17.3 Å². The number of anilines is 1. The minimum Gasteiger partial charge on any atom is -0.369 e. The zero-order chi connectivity index (χ0) is 10.8. The minimum atomic E-state index is -0.211. The third kappa shape index (κ3) is 2.24. The Morgan fingerprint density at radius 1 is 1.53 bits per heavy atom. The second kappa shape index (κ2) is 4.37. The largest absolute Gasteiger partial charge is 0.369 e. The molecule has 1 aromatic carbocycles. The van der Waals surface area contributed by atoms with E-state index in [4.69, 9.17) is 17.3 Å². The van der Waals surface area contributed by atoms with Gasteiger partial charge in [-0.15, -0.1) is 0 Å². The fourth-order valence-electron chi connectivity index (χ4n) is 1.97. The third-order valence-electron chi connectivity index (χ3n) is 2.87. The second-order valence-electron chi connectivity index (χ2n) is 3.93. The first-order valence-electron chi connectivity index (χ1n) is 5.11. The van der Waals surface area contributed by atoms with Gasteiger partial charge in [0.1, 0.15) is 5.82 Å². The van der Waals surface area contributed by atoms with Crippen LogP contribution in [0.25, 0.3) is 0 Å².